The first-order chi connectivity index (χ1) is 10.1. The molecular weight excluding hydrogens is 266 g/mol. The topological polar surface area (TPSA) is 52.3 Å². The molecule has 4 nitrogen and oxygen atoms in total. The van der Waals surface area contributed by atoms with Gasteiger partial charge in [-0.2, -0.15) is 0 Å². The van der Waals surface area contributed by atoms with Crippen molar-refractivity contribution >= 4 is 5.97 Å². The van der Waals surface area contributed by atoms with Crippen molar-refractivity contribution in [1.82, 2.24) is 4.98 Å². The minimum Gasteiger partial charge on any atom is -0.461 e. The highest BCUT2D eigenvalue weighted by Gasteiger charge is 2.19. The average Bonchev–Trinajstić information content (AvgIpc) is 2.87. The van der Waals surface area contributed by atoms with E-state index in [9.17, 15) is 4.79 Å². The largest absolute Gasteiger partial charge is 0.461 e. The van der Waals surface area contributed by atoms with E-state index in [1.807, 2.05) is 0 Å². The van der Waals surface area contributed by atoms with Crippen molar-refractivity contribution in [3.05, 3.63) is 52.7 Å². The smallest absolute Gasteiger partial charge is 0.360 e. The number of aryl methyl sites for hydroxylation is 4. The third kappa shape index (κ3) is 3.94. The van der Waals surface area contributed by atoms with Gasteiger partial charge in [0.25, 0.3) is 0 Å². The molecule has 0 radical (unpaired) electrons. The molecule has 0 amide bonds. The second-order valence-corrected chi connectivity index (χ2v) is 4.90. The van der Waals surface area contributed by atoms with Gasteiger partial charge in [-0.25, -0.2) is 9.78 Å². The molecule has 0 aliphatic heterocycles. The molecule has 0 aliphatic carbocycles. The third-order valence-electron chi connectivity index (χ3n) is 3.31. The normalized spacial score (nSPS) is 10.6. The van der Waals surface area contributed by atoms with Gasteiger partial charge in [0.2, 0.25) is 0 Å². The van der Waals surface area contributed by atoms with Crippen LogP contribution in [0.5, 0.6) is 0 Å². The number of benzene rings is 1. The van der Waals surface area contributed by atoms with Crippen LogP contribution in [0.2, 0.25) is 0 Å². The molecule has 0 saturated heterocycles. The van der Waals surface area contributed by atoms with Gasteiger partial charge in [-0.3, -0.25) is 0 Å². The molecule has 0 aliphatic rings. The van der Waals surface area contributed by atoms with E-state index >= 15 is 0 Å². The van der Waals surface area contributed by atoms with Crippen LogP contribution in [0.1, 0.15) is 47.1 Å². The molecule has 4 heteroatoms. The lowest BCUT2D eigenvalue weighted by Crippen LogP contribution is -2.08. The summed E-state index contributed by atoms with van der Waals surface area (Å²) in [6.45, 7) is 5.99. The summed E-state index contributed by atoms with van der Waals surface area (Å²) in [5, 5.41) is 0. The summed E-state index contributed by atoms with van der Waals surface area (Å²) < 4.78 is 10.6. The van der Waals surface area contributed by atoms with Crippen molar-refractivity contribution in [3.63, 3.8) is 0 Å². The third-order valence-corrected chi connectivity index (χ3v) is 3.31. The quantitative estimate of drug-likeness (QED) is 0.763. The highest BCUT2D eigenvalue weighted by molar-refractivity contribution is 5.88. The van der Waals surface area contributed by atoms with Crippen LogP contribution < -0.4 is 0 Å². The van der Waals surface area contributed by atoms with E-state index in [-0.39, 0.29) is 0 Å². The van der Waals surface area contributed by atoms with Crippen LogP contribution in [0.15, 0.2) is 28.7 Å². The molecule has 112 valence electrons. The number of aromatic nitrogens is 1. The van der Waals surface area contributed by atoms with Crippen LogP contribution >= 0.6 is 0 Å². The standard InChI is InChI=1S/C17H21NO3/c1-4-13-7-6-8-14(11-13)9-10-15-16(17(19)20-5-2)18-12(3)21-15/h6-8,11H,4-5,9-10H2,1-3H3. The van der Waals surface area contributed by atoms with Gasteiger partial charge in [0.15, 0.2) is 11.6 Å². The van der Waals surface area contributed by atoms with Crippen molar-refractivity contribution in [1.29, 1.82) is 0 Å². The van der Waals surface area contributed by atoms with Gasteiger partial charge in [-0.15, -0.1) is 0 Å². The number of carbonyl (C=O) groups is 1. The maximum absolute atomic E-state index is 11.8. The van der Waals surface area contributed by atoms with Crippen molar-refractivity contribution in [2.45, 2.75) is 40.0 Å². The first-order valence-electron chi connectivity index (χ1n) is 7.35. The molecule has 0 bridgehead atoms. The van der Waals surface area contributed by atoms with Gasteiger partial charge in [-0.1, -0.05) is 31.2 Å². The summed E-state index contributed by atoms with van der Waals surface area (Å²) in [5.41, 5.74) is 2.85. The highest BCUT2D eigenvalue weighted by Crippen LogP contribution is 2.16. The molecule has 0 atom stereocenters. The SMILES string of the molecule is CCOC(=O)c1nc(C)oc1CCc1cccc(CC)c1. The van der Waals surface area contributed by atoms with Gasteiger partial charge >= 0.3 is 5.97 Å². The van der Waals surface area contributed by atoms with E-state index in [1.165, 1.54) is 11.1 Å². The zero-order chi connectivity index (χ0) is 15.2. The molecule has 2 rings (SSSR count). The van der Waals surface area contributed by atoms with Crippen LogP contribution in [-0.4, -0.2) is 17.6 Å². The van der Waals surface area contributed by atoms with Crippen molar-refractivity contribution in [2.75, 3.05) is 6.61 Å². The summed E-state index contributed by atoms with van der Waals surface area (Å²) in [5.74, 6) is 0.690. The second-order valence-electron chi connectivity index (χ2n) is 4.90. The first kappa shape index (κ1) is 15.3. The molecular formula is C17H21NO3. The second kappa shape index (κ2) is 7.07. The molecule has 0 saturated carbocycles. The summed E-state index contributed by atoms with van der Waals surface area (Å²) in [7, 11) is 0. The van der Waals surface area contributed by atoms with Crippen LogP contribution in [0.3, 0.4) is 0 Å². The summed E-state index contributed by atoms with van der Waals surface area (Å²) in [6.07, 6.45) is 2.47. The Labute approximate surface area is 125 Å². The molecule has 0 spiro atoms. The molecule has 21 heavy (non-hydrogen) atoms. The Morgan fingerprint density at radius 1 is 1.24 bits per heavy atom. The predicted molar refractivity (Wildman–Crippen MR) is 80.4 cm³/mol. The average molecular weight is 287 g/mol. The summed E-state index contributed by atoms with van der Waals surface area (Å²) >= 11 is 0. The van der Waals surface area contributed by atoms with Crippen molar-refractivity contribution in [3.8, 4) is 0 Å². The Hall–Kier alpha value is -2.10. The Morgan fingerprint density at radius 2 is 2.00 bits per heavy atom. The van der Waals surface area contributed by atoms with E-state index in [1.54, 1.807) is 13.8 Å². The lowest BCUT2D eigenvalue weighted by atomic mass is 10.0. The van der Waals surface area contributed by atoms with E-state index < -0.39 is 5.97 Å². The minimum atomic E-state index is -0.411. The van der Waals surface area contributed by atoms with Gasteiger partial charge < -0.3 is 9.15 Å². The Kier molecular flexibility index (Phi) is 5.14. The number of carbonyl (C=O) groups excluding carboxylic acids is 1. The molecule has 1 aromatic carbocycles. The van der Waals surface area contributed by atoms with E-state index in [0.717, 1.165) is 12.8 Å². The zero-order valence-electron chi connectivity index (χ0n) is 12.8. The zero-order valence-corrected chi connectivity index (χ0v) is 12.8. The van der Waals surface area contributed by atoms with Crippen LogP contribution in [0, 0.1) is 6.92 Å². The fraction of sp³-hybridized carbons (Fsp3) is 0.412. The van der Waals surface area contributed by atoms with E-state index in [2.05, 4.69) is 36.2 Å². The molecule has 1 heterocycles. The number of rotatable bonds is 6. The number of hydrogen-bond acceptors (Lipinski definition) is 4. The van der Waals surface area contributed by atoms with Crippen molar-refractivity contribution < 1.29 is 13.9 Å². The fourth-order valence-corrected chi connectivity index (χ4v) is 2.26. The molecule has 0 fully saturated rings. The highest BCUT2D eigenvalue weighted by atomic mass is 16.5. The van der Waals surface area contributed by atoms with Gasteiger partial charge in [0.05, 0.1) is 6.61 Å². The maximum Gasteiger partial charge on any atom is 0.360 e. The Bertz CT molecular complexity index is 616. The lowest BCUT2D eigenvalue weighted by molar-refractivity contribution is 0.0517. The van der Waals surface area contributed by atoms with E-state index in [0.29, 0.717) is 30.4 Å². The Balaban J connectivity index is 2.10. The van der Waals surface area contributed by atoms with Gasteiger partial charge in [0, 0.05) is 13.3 Å². The number of esters is 1. The first-order valence-corrected chi connectivity index (χ1v) is 7.35. The maximum atomic E-state index is 11.8. The van der Waals surface area contributed by atoms with Gasteiger partial charge in [0.1, 0.15) is 5.76 Å². The molecule has 1 aromatic heterocycles. The fourth-order valence-electron chi connectivity index (χ4n) is 2.26. The lowest BCUT2D eigenvalue weighted by Gasteiger charge is -2.04. The molecule has 0 N–H and O–H groups in total. The molecule has 0 unspecified atom stereocenters. The van der Waals surface area contributed by atoms with Gasteiger partial charge in [-0.05, 0) is 30.9 Å². The monoisotopic (exact) mass is 287 g/mol. The van der Waals surface area contributed by atoms with Crippen LogP contribution in [0.4, 0.5) is 0 Å². The Morgan fingerprint density at radius 3 is 2.71 bits per heavy atom. The predicted octanol–water partition coefficient (Wildman–Crippen LogP) is 3.51. The van der Waals surface area contributed by atoms with E-state index in [4.69, 9.17) is 9.15 Å². The number of hydrogen-bond donors (Lipinski definition) is 0. The van der Waals surface area contributed by atoms with Crippen LogP contribution in [0.25, 0.3) is 0 Å². The number of oxazole rings is 1. The van der Waals surface area contributed by atoms with Crippen LogP contribution in [-0.2, 0) is 24.0 Å². The minimum absolute atomic E-state index is 0.306. The summed E-state index contributed by atoms with van der Waals surface area (Å²) in [6, 6.07) is 8.46. The summed E-state index contributed by atoms with van der Waals surface area (Å²) in [4.78, 5) is 16.0. The van der Waals surface area contributed by atoms with Crippen molar-refractivity contribution in [2.24, 2.45) is 0 Å². The number of nitrogens with zero attached hydrogens (tertiary/aromatic N) is 1. The molecule has 2 aromatic rings. The number of ether oxygens (including phenoxy) is 1.